The van der Waals surface area contributed by atoms with Gasteiger partial charge >= 0.3 is 0 Å². The van der Waals surface area contributed by atoms with Gasteiger partial charge in [-0.15, -0.1) is 11.6 Å². The molecule has 0 fully saturated rings. The van der Waals surface area contributed by atoms with Crippen molar-refractivity contribution in [3.05, 3.63) is 62.3 Å². The second kappa shape index (κ2) is 6.33. The van der Waals surface area contributed by atoms with Crippen LogP contribution in [0.25, 0.3) is 0 Å². The van der Waals surface area contributed by atoms with Crippen LogP contribution in [0.5, 0.6) is 5.75 Å². The summed E-state index contributed by atoms with van der Waals surface area (Å²) in [6.07, 6.45) is 0. The predicted molar refractivity (Wildman–Crippen MR) is 84.5 cm³/mol. The minimum atomic E-state index is -0.546. The van der Waals surface area contributed by atoms with Gasteiger partial charge in [-0.25, -0.2) is 4.39 Å². The maximum absolute atomic E-state index is 13.7. The minimum Gasteiger partial charge on any atom is -0.495 e. The van der Waals surface area contributed by atoms with Gasteiger partial charge in [0.05, 0.1) is 17.0 Å². The van der Waals surface area contributed by atoms with Crippen molar-refractivity contribution in [2.45, 2.75) is 12.3 Å². The lowest BCUT2D eigenvalue weighted by molar-refractivity contribution is 0.407. The second-order valence-corrected chi connectivity index (χ2v) is 6.11. The fourth-order valence-corrected chi connectivity index (χ4v) is 3.22. The molecule has 0 N–H and O–H groups in total. The lowest BCUT2D eigenvalue weighted by Crippen LogP contribution is -1.99. The van der Waals surface area contributed by atoms with E-state index in [1.54, 1.807) is 38.3 Å². The van der Waals surface area contributed by atoms with E-state index < -0.39 is 5.38 Å². The second-order valence-electron chi connectivity index (χ2n) is 4.38. The number of halogens is 4. The summed E-state index contributed by atoms with van der Waals surface area (Å²) in [5.41, 5.74) is 1.93. The fraction of sp³-hybridized carbons (Fsp3) is 0.200. The minimum absolute atomic E-state index is 0.284. The van der Waals surface area contributed by atoms with E-state index in [2.05, 4.69) is 15.9 Å². The Labute approximate surface area is 135 Å². The first kappa shape index (κ1) is 15.6. The van der Waals surface area contributed by atoms with Crippen LogP contribution in [0.1, 0.15) is 22.1 Å². The number of hydrogen-bond donors (Lipinski definition) is 0. The third-order valence-electron chi connectivity index (χ3n) is 3.00. The Bertz CT molecular complexity index is 646. The predicted octanol–water partition coefficient (Wildman–Crippen LogP) is 5.89. The molecule has 0 bridgehead atoms. The molecule has 1 atom stereocenters. The lowest BCUT2D eigenvalue weighted by atomic mass is 10.0. The van der Waals surface area contributed by atoms with Gasteiger partial charge in [-0.2, -0.15) is 0 Å². The first-order chi connectivity index (χ1) is 9.43. The molecule has 0 aliphatic heterocycles. The third-order valence-corrected chi connectivity index (χ3v) is 4.30. The standard InChI is InChI=1S/C15H12BrCl2FO/c1-8-3-4-9(5-13(8)19)14(18)11-6-10(17)7-12(16)15(11)20-2/h3-7,14H,1-2H3. The lowest BCUT2D eigenvalue weighted by Gasteiger charge is -2.16. The largest absolute Gasteiger partial charge is 0.495 e. The summed E-state index contributed by atoms with van der Waals surface area (Å²) in [5, 5.41) is -0.0130. The van der Waals surface area contributed by atoms with Gasteiger partial charge in [-0.05, 0) is 52.2 Å². The molecule has 2 rings (SSSR count). The molecule has 106 valence electrons. The van der Waals surface area contributed by atoms with Crippen molar-refractivity contribution in [2.75, 3.05) is 7.11 Å². The summed E-state index contributed by atoms with van der Waals surface area (Å²) in [7, 11) is 1.55. The van der Waals surface area contributed by atoms with Gasteiger partial charge in [-0.3, -0.25) is 0 Å². The molecular weight excluding hydrogens is 366 g/mol. The van der Waals surface area contributed by atoms with E-state index in [0.717, 1.165) is 0 Å². The molecule has 2 aromatic rings. The number of aryl methyl sites for hydroxylation is 1. The molecule has 5 heteroatoms. The molecule has 0 amide bonds. The number of alkyl halides is 1. The van der Waals surface area contributed by atoms with E-state index in [1.165, 1.54) is 6.07 Å². The van der Waals surface area contributed by atoms with E-state index in [0.29, 0.717) is 31.9 Å². The number of hydrogen-bond acceptors (Lipinski definition) is 1. The molecule has 20 heavy (non-hydrogen) atoms. The van der Waals surface area contributed by atoms with Crippen LogP contribution < -0.4 is 4.74 Å². The molecule has 0 radical (unpaired) electrons. The van der Waals surface area contributed by atoms with Gasteiger partial charge in [0.2, 0.25) is 0 Å². The van der Waals surface area contributed by atoms with E-state index in [1.807, 2.05) is 0 Å². The SMILES string of the molecule is COc1c(Br)cc(Cl)cc1C(Cl)c1ccc(C)c(F)c1. The first-order valence-electron chi connectivity index (χ1n) is 5.87. The Balaban J connectivity index is 2.52. The van der Waals surface area contributed by atoms with Crippen molar-refractivity contribution in [1.29, 1.82) is 0 Å². The number of methoxy groups -OCH3 is 1. The first-order valence-corrected chi connectivity index (χ1v) is 7.48. The molecule has 0 spiro atoms. The fourth-order valence-electron chi connectivity index (χ4n) is 1.93. The molecule has 1 nitrogen and oxygen atoms in total. The Morgan fingerprint density at radius 3 is 2.55 bits per heavy atom. The molecule has 0 aliphatic rings. The topological polar surface area (TPSA) is 9.23 Å². The molecule has 2 aromatic carbocycles. The molecule has 0 heterocycles. The highest BCUT2D eigenvalue weighted by atomic mass is 79.9. The van der Waals surface area contributed by atoms with Gasteiger partial charge in [0.1, 0.15) is 11.6 Å². The number of rotatable bonds is 3. The van der Waals surface area contributed by atoms with Crippen LogP contribution in [0.15, 0.2) is 34.8 Å². The Morgan fingerprint density at radius 2 is 1.95 bits per heavy atom. The van der Waals surface area contributed by atoms with Crippen molar-refractivity contribution in [1.82, 2.24) is 0 Å². The quantitative estimate of drug-likeness (QED) is 0.606. The highest BCUT2D eigenvalue weighted by Gasteiger charge is 2.19. The molecule has 0 aliphatic carbocycles. The van der Waals surface area contributed by atoms with Crippen molar-refractivity contribution >= 4 is 39.1 Å². The van der Waals surface area contributed by atoms with Gasteiger partial charge in [0, 0.05) is 10.6 Å². The van der Waals surface area contributed by atoms with Gasteiger partial charge in [0.25, 0.3) is 0 Å². The average molecular weight is 378 g/mol. The van der Waals surface area contributed by atoms with Crippen molar-refractivity contribution in [3.8, 4) is 5.75 Å². The Morgan fingerprint density at radius 1 is 1.25 bits per heavy atom. The normalized spacial score (nSPS) is 12.3. The Hall–Kier alpha value is -0.770. The molecule has 0 saturated heterocycles. The van der Waals surface area contributed by atoms with Gasteiger partial charge in [0.15, 0.2) is 0 Å². The maximum atomic E-state index is 13.7. The summed E-state index contributed by atoms with van der Waals surface area (Å²) in [4.78, 5) is 0. The zero-order valence-electron chi connectivity index (χ0n) is 10.9. The van der Waals surface area contributed by atoms with Gasteiger partial charge in [-0.1, -0.05) is 23.7 Å². The Kier molecular flexibility index (Phi) is 4.95. The number of benzene rings is 2. The monoisotopic (exact) mass is 376 g/mol. The van der Waals surface area contributed by atoms with Crippen LogP contribution >= 0.6 is 39.1 Å². The summed E-state index contributed by atoms with van der Waals surface area (Å²) in [6.45, 7) is 1.71. The van der Waals surface area contributed by atoms with Gasteiger partial charge < -0.3 is 4.74 Å². The highest BCUT2D eigenvalue weighted by molar-refractivity contribution is 9.10. The van der Waals surface area contributed by atoms with Crippen molar-refractivity contribution in [3.63, 3.8) is 0 Å². The molecule has 1 unspecified atom stereocenters. The van der Waals surface area contributed by atoms with E-state index >= 15 is 0 Å². The van der Waals surface area contributed by atoms with E-state index in [9.17, 15) is 4.39 Å². The number of ether oxygens (including phenoxy) is 1. The molecular formula is C15H12BrCl2FO. The smallest absolute Gasteiger partial charge is 0.138 e. The van der Waals surface area contributed by atoms with Crippen molar-refractivity contribution in [2.24, 2.45) is 0 Å². The van der Waals surface area contributed by atoms with Crippen LogP contribution in [0.2, 0.25) is 5.02 Å². The highest BCUT2D eigenvalue weighted by Crippen LogP contribution is 2.41. The summed E-state index contributed by atoms with van der Waals surface area (Å²) in [5.74, 6) is 0.309. The van der Waals surface area contributed by atoms with E-state index in [-0.39, 0.29) is 5.82 Å². The van der Waals surface area contributed by atoms with Crippen LogP contribution in [0.4, 0.5) is 4.39 Å². The zero-order valence-corrected chi connectivity index (χ0v) is 14.0. The summed E-state index contributed by atoms with van der Waals surface area (Å²) < 4.78 is 19.7. The third kappa shape index (κ3) is 3.11. The van der Waals surface area contributed by atoms with Crippen LogP contribution in [0.3, 0.4) is 0 Å². The molecule has 0 aromatic heterocycles. The maximum Gasteiger partial charge on any atom is 0.138 e. The average Bonchev–Trinajstić information content (AvgIpc) is 2.40. The summed E-state index contributed by atoms with van der Waals surface area (Å²) >= 11 is 15.9. The van der Waals surface area contributed by atoms with Crippen LogP contribution in [-0.2, 0) is 0 Å². The van der Waals surface area contributed by atoms with Crippen molar-refractivity contribution < 1.29 is 9.13 Å². The molecule has 0 saturated carbocycles. The van der Waals surface area contributed by atoms with Crippen LogP contribution in [-0.4, -0.2) is 7.11 Å². The summed E-state index contributed by atoms with van der Waals surface area (Å²) in [6, 6.07) is 8.38. The van der Waals surface area contributed by atoms with E-state index in [4.69, 9.17) is 27.9 Å². The van der Waals surface area contributed by atoms with Crippen LogP contribution in [0, 0.1) is 12.7 Å². The zero-order chi connectivity index (χ0) is 14.9.